The van der Waals surface area contributed by atoms with Gasteiger partial charge in [-0.25, -0.2) is 0 Å². The molecule has 1 atom stereocenters. The van der Waals surface area contributed by atoms with Crippen LogP contribution in [0.25, 0.3) is 0 Å². The fourth-order valence-electron chi connectivity index (χ4n) is 3.26. The smallest absolute Gasteiger partial charge is 0.220 e. The van der Waals surface area contributed by atoms with E-state index in [1.165, 1.54) is 5.56 Å². The van der Waals surface area contributed by atoms with Crippen molar-refractivity contribution in [1.82, 2.24) is 5.32 Å². The van der Waals surface area contributed by atoms with Crippen LogP contribution < -0.4 is 14.8 Å². The normalized spacial score (nSPS) is 18.0. The quantitative estimate of drug-likeness (QED) is 0.894. The Hall–Kier alpha value is -2.49. The summed E-state index contributed by atoms with van der Waals surface area (Å²) in [6.45, 7) is 4.09. The molecule has 1 aliphatic heterocycles. The number of hydrogen-bond donors (Lipinski definition) is 1. The van der Waals surface area contributed by atoms with Gasteiger partial charge in [0.2, 0.25) is 5.91 Å². The maximum absolute atomic E-state index is 12.5. The van der Waals surface area contributed by atoms with Gasteiger partial charge in [-0.05, 0) is 44.0 Å². The summed E-state index contributed by atoms with van der Waals surface area (Å²) in [7, 11) is 1.64. The van der Waals surface area contributed by atoms with Gasteiger partial charge in [0.05, 0.1) is 13.2 Å². The minimum Gasteiger partial charge on any atom is -0.497 e. The Bertz CT molecular complexity index is 740. The van der Waals surface area contributed by atoms with E-state index in [1.807, 2.05) is 62.4 Å². The number of carbonyl (C=O) groups is 1. The Labute approximate surface area is 149 Å². The van der Waals surface area contributed by atoms with Gasteiger partial charge in [-0.15, -0.1) is 0 Å². The molecule has 1 aliphatic rings. The molecule has 4 heteroatoms. The number of fused-ring (bicyclic) bond motifs is 1. The first kappa shape index (κ1) is 17.3. The molecule has 0 bridgehead atoms. The van der Waals surface area contributed by atoms with Crippen molar-refractivity contribution < 1.29 is 14.3 Å². The monoisotopic (exact) mass is 339 g/mol. The Morgan fingerprint density at radius 1 is 1.24 bits per heavy atom. The summed E-state index contributed by atoms with van der Waals surface area (Å²) in [5.74, 6) is 1.64. The molecular formula is C21H25NO3. The van der Waals surface area contributed by atoms with Crippen molar-refractivity contribution in [2.45, 2.75) is 44.8 Å². The number of benzene rings is 2. The Kier molecular flexibility index (Phi) is 4.98. The van der Waals surface area contributed by atoms with E-state index in [0.29, 0.717) is 6.42 Å². The van der Waals surface area contributed by atoms with Crippen molar-refractivity contribution in [3.05, 3.63) is 59.7 Å². The number of hydrogen-bond acceptors (Lipinski definition) is 3. The van der Waals surface area contributed by atoms with Crippen LogP contribution in [0, 0.1) is 0 Å². The summed E-state index contributed by atoms with van der Waals surface area (Å²) in [5, 5.41) is 3.18. The minimum absolute atomic E-state index is 0.0559. The molecule has 4 nitrogen and oxygen atoms in total. The average Bonchev–Trinajstić information content (AvgIpc) is 2.60. The molecule has 1 amide bonds. The fraction of sp³-hybridized carbons (Fsp3) is 0.381. The molecule has 2 aromatic rings. The third kappa shape index (κ3) is 4.32. The molecule has 0 unspecified atom stereocenters. The van der Waals surface area contributed by atoms with Crippen LogP contribution in [0.4, 0.5) is 0 Å². The minimum atomic E-state index is -0.320. The van der Waals surface area contributed by atoms with Crippen LogP contribution in [0.3, 0.4) is 0 Å². The molecule has 2 aromatic carbocycles. The van der Waals surface area contributed by atoms with Gasteiger partial charge >= 0.3 is 0 Å². The second-order valence-electron chi connectivity index (χ2n) is 7.08. The summed E-state index contributed by atoms with van der Waals surface area (Å²) < 4.78 is 11.4. The lowest BCUT2D eigenvalue weighted by atomic mass is 9.89. The van der Waals surface area contributed by atoms with Crippen LogP contribution in [0.5, 0.6) is 11.5 Å². The summed E-state index contributed by atoms with van der Waals surface area (Å²) in [6, 6.07) is 15.7. The van der Waals surface area contributed by atoms with Crippen LogP contribution in [-0.2, 0) is 11.2 Å². The Morgan fingerprint density at radius 2 is 2.00 bits per heavy atom. The van der Waals surface area contributed by atoms with E-state index in [-0.39, 0.29) is 17.6 Å². The molecule has 0 spiro atoms. The maximum atomic E-state index is 12.5. The second-order valence-corrected chi connectivity index (χ2v) is 7.08. The molecule has 0 aliphatic carbocycles. The number of carbonyl (C=O) groups excluding carboxylic acids is 1. The van der Waals surface area contributed by atoms with Crippen LogP contribution in [0.2, 0.25) is 0 Å². The van der Waals surface area contributed by atoms with E-state index in [0.717, 1.165) is 29.9 Å². The molecule has 1 N–H and O–H groups in total. The fourth-order valence-corrected chi connectivity index (χ4v) is 3.26. The third-order valence-electron chi connectivity index (χ3n) is 4.49. The van der Waals surface area contributed by atoms with Crippen LogP contribution in [-0.4, -0.2) is 18.6 Å². The van der Waals surface area contributed by atoms with Crippen molar-refractivity contribution in [2.24, 2.45) is 0 Å². The van der Waals surface area contributed by atoms with Gasteiger partial charge < -0.3 is 14.8 Å². The summed E-state index contributed by atoms with van der Waals surface area (Å²) in [4.78, 5) is 12.5. The zero-order chi connectivity index (χ0) is 17.9. The highest BCUT2D eigenvalue weighted by atomic mass is 16.5. The van der Waals surface area contributed by atoms with E-state index in [4.69, 9.17) is 9.47 Å². The molecule has 0 saturated carbocycles. The second kappa shape index (κ2) is 7.18. The van der Waals surface area contributed by atoms with Crippen molar-refractivity contribution in [3.63, 3.8) is 0 Å². The van der Waals surface area contributed by atoms with Gasteiger partial charge in [-0.2, -0.15) is 0 Å². The maximum Gasteiger partial charge on any atom is 0.220 e. The van der Waals surface area contributed by atoms with Crippen molar-refractivity contribution in [1.29, 1.82) is 0 Å². The number of ether oxygens (including phenoxy) is 2. The van der Waals surface area contributed by atoms with Crippen molar-refractivity contribution in [2.75, 3.05) is 7.11 Å². The van der Waals surface area contributed by atoms with Crippen LogP contribution in [0.1, 0.15) is 43.9 Å². The molecule has 3 rings (SSSR count). The predicted molar refractivity (Wildman–Crippen MR) is 98.0 cm³/mol. The summed E-state index contributed by atoms with van der Waals surface area (Å²) >= 11 is 0. The van der Waals surface area contributed by atoms with Gasteiger partial charge in [0.1, 0.15) is 17.1 Å². The number of nitrogens with one attached hydrogen (secondary N) is 1. The third-order valence-corrected chi connectivity index (χ3v) is 4.49. The number of amides is 1. The molecule has 0 saturated heterocycles. The number of aryl methyl sites for hydroxylation is 1. The SMILES string of the molecule is COc1ccc2c(c1)[C@@H](NC(=O)CCc1ccccc1)CC(C)(C)O2. The standard InChI is InChI=1S/C21H25NO3/c1-21(2)14-18(17-13-16(24-3)10-11-19(17)25-21)22-20(23)12-9-15-7-5-4-6-8-15/h4-8,10-11,13,18H,9,12,14H2,1-3H3,(H,22,23)/t18-/m0/s1. The largest absolute Gasteiger partial charge is 0.497 e. The van der Waals surface area contributed by atoms with Gasteiger partial charge in [-0.1, -0.05) is 30.3 Å². The van der Waals surface area contributed by atoms with Gasteiger partial charge in [0, 0.05) is 18.4 Å². The van der Waals surface area contributed by atoms with Crippen LogP contribution in [0.15, 0.2) is 48.5 Å². The van der Waals surface area contributed by atoms with E-state index >= 15 is 0 Å². The molecule has 0 fully saturated rings. The lowest BCUT2D eigenvalue weighted by Crippen LogP contribution is -2.41. The first-order valence-corrected chi connectivity index (χ1v) is 8.67. The van der Waals surface area contributed by atoms with Crippen LogP contribution >= 0.6 is 0 Å². The molecule has 1 heterocycles. The lowest BCUT2D eigenvalue weighted by molar-refractivity contribution is -0.122. The van der Waals surface area contributed by atoms with Gasteiger partial charge in [0.25, 0.3) is 0 Å². The topological polar surface area (TPSA) is 47.6 Å². The summed E-state index contributed by atoms with van der Waals surface area (Å²) in [6.07, 6.45) is 1.94. The molecule has 25 heavy (non-hydrogen) atoms. The highest BCUT2D eigenvalue weighted by Crippen LogP contribution is 2.41. The molecular weight excluding hydrogens is 314 g/mol. The highest BCUT2D eigenvalue weighted by Gasteiger charge is 2.34. The predicted octanol–water partition coefficient (Wildman–Crippen LogP) is 4.05. The molecule has 132 valence electrons. The Morgan fingerprint density at radius 3 is 2.72 bits per heavy atom. The van der Waals surface area contributed by atoms with E-state index in [1.54, 1.807) is 7.11 Å². The van der Waals surface area contributed by atoms with E-state index in [9.17, 15) is 4.79 Å². The summed E-state index contributed by atoms with van der Waals surface area (Å²) in [5.41, 5.74) is 1.83. The first-order valence-electron chi connectivity index (χ1n) is 8.67. The lowest BCUT2D eigenvalue weighted by Gasteiger charge is -2.38. The van der Waals surface area contributed by atoms with Gasteiger partial charge in [0.15, 0.2) is 0 Å². The molecule has 0 aromatic heterocycles. The number of rotatable bonds is 5. The van der Waals surface area contributed by atoms with E-state index in [2.05, 4.69) is 5.32 Å². The van der Waals surface area contributed by atoms with Crippen molar-refractivity contribution >= 4 is 5.91 Å². The van der Waals surface area contributed by atoms with Gasteiger partial charge in [-0.3, -0.25) is 4.79 Å². The van der Waals surface area contributed by atoms with E-state index < -0.39 is 0 Å². The Balaban J connectivity index is 1.71. The highest BCUT2D eigenvalue weighted by molar-refractivity contribution is 5.77. The van der Waals surface area contributed by atoms with Crippen molar-refractivity contribution in [3.8, 4) is 11.5 Å². The zero-order valence-electron chi connectivity index (χ0n) is 15.0. The molecule has 0 radical (unpaired) electrons. The zero-order valence-corrected chi connectivity index (χ0v) is 15.0. The first-order chi connectivity index (χ1) is 12.0. The number of methoxy groups -OCH3 is 1. The average molecular weight is 339 g/mol.